The summed E-state index contributed by atoms with van der Waals surface area (Å²) in [5.74, 6) is 1.17. The number of fused-ring (bicyclic) bond motifs is 1. The van der Waals surface area contributed by atoms with Crippen molar-refractivity contribution in [2.75, 3.05) is 18.8 Å². The summed E-state index contributed by atoms with van der Waals surface area (Å²) in [7, 11) is 0. The number of hydrogen-bond donors (Lipinski definition) is 1. The molecule has 2 heterocycles. The highest BCUT2D eigenvalue weighted by Gasteiger charge is 2.27. The topological polar surface area (TPSA) is 36.1 Å². The highest BCUT2D eigenvalue weighted by atomic mass is 32.2. The average molecular weight is 288 g/mol. The summed E-state index contributed by atoms with van der Waals surface area (Å²) in [4.78, 5) is 17.9. The van der Waals surface area contributed by atoms with E-state index in [1.54, 1.807) is 0 Å². The van der Waals surface area contributed by atoms with Crippen molar-refractivity contribution in [2.45, 2.75) is 25.0 Å². The van der Waals surface area contributed by atoms with Gasteiger partial charge in [0.15, 0.2) is 0 Å². The molecule has 3 rings (SSSR count). The van der Waals surface area contributed by atoms with E-state index in [0.717, 1.165) is 41.7 Å². The molecule has 1 aromatic carbocycles. The molecule has 0 unspecified atom stereocenters. The maximum Gasteiger partial charge on any atom is 0.256 e. The molecule has 0 bridgehead atoms. The third-order valence-corrected chi connectivity index (χ3v) is 5.32. The molecular formula is C16H20N2OS. The number of carbonyl (C=O) groups is 1. The Morgan fingerprint density at radius 3 is 2.95 bits per heavy atom. The number of nitrogens with zero attached hydrogens (tertiary/aromatic N) is 1. The van der Waals surface area contributed by atoms with Crippen LogP contribution in [0.3, 0.4) is 0 Å². The van der Waals surface area contributed by atoms with Gasteiger partial charge in [0.05, 0.1) is 5.56 Å². The van der Waals surface area contributed by atoms with Crippen molar-refractivity contribution in [3.63, 3.8) is 0 Å². The van der Waals surface area contributed by atoms with E-state index in [9.17, 15) is 4.79 Å². The first-order valence-corrected chi connectivity index (χ1v) is 8.05. The Bertz CT molecular complexity index is 632. The number of thioether (sulfide) groups is 1. The number of hydrogen-bond acceptors (Lipinski definition) is 2. The van der Waals surface area contributed by atoms with E-state index in [4.69, 9.17) is 0 Å². The molecule has 0 atom stereocenters. The molecule has 106 valence electrons. The van der Waals surface area contributed by atoms with Gasteiger partial charge in [-0.1, -0.05) is 32.0 Å². The third-order valence-electron chi connectivity index (χ3n) is 3.94. The largest absolute Gasteiger partial charge is 0.360 e. The van der Waals surface area contributed by atoms with Crippen LogP contribution < -0.4 is 0 Å². The zero-order valence-corrected chi connectivity index (χ0v) is 12.8. The van der Waals surface area contributed by atoms with E-state index in [1.165, 1.54) is 0 Å². The lowest BCUT2D eigenvalue weighted by molar-refractivity contribution is 0.0766. The first kappa shape index (κ1) is 13.6. The van der Waals surface area contributed by atoms with E-state index >= 15 is 0 Å². The molecule has 1 aromatic heterocycles. The summed E-state index contributed by atoms with van der Waals surface area (Å²) < 4.78 is 0.273. The van der Waals surface area contributed by atoms with Crippen molar-refractivity contribution in [1.82, 2.24) is 9.88 Å². The smallest absolute Gasteiger partial charge is 0.256 e. The van der Waals surface area contributed by atoms with Gasteiger partial charge < -0.3 is 9.88 Å². The van der Waals surface area contributed by atoms with Gasteiger partial charge >= 0.3 is 0 Å². The molecule has 1 amide bonds. The lowest BCUT2D eigenvalue weighted by Crippen LogP contribution is -2.33. The summed E-state index contributed by atoms with van der Waals surface area (Å²) in [6, 6.07) is 7.98. The van der Waals surface area contributed by atoms with Crippen LogP contribution in [0.4, 0.5) is 0 Å². The molecule has 2 aromatic rings. The van der Waals surface area contributed by atoms with Crippen LogP contribution in [-0.4, -0.2) is 39.4 Å². The Hall–Kier alpha value is -1.42. The van der Waals surface area contributed by atoms with Crippen LogP contribution in [-0.2, 0) is 0 Å². The van der Waals surface area contributed by atoms with Crippen molar-refractivity contribution in [3.8, 4) is 0 Å². The fraction of sp³-hybridized carbons (Fsp3) is 0.438. The van der Waals surface area contributed by atoms with Crippen LogP contribution in [0.15, 0.2) is 30.5 Å². The number of aromatic amines is 1. The van der Waals surface area contributed by atoms with Crippen molar-refractivity contribution < 1.29 is 4.79 Å². The number of nitrogens with one attached hydrogen (secondary N) is 1. The Morgan fingerprint density at radius 2 is 2.10 bits per heavy atom. The molecule has 1 fully saturated rings. The predicted octanol–water partition coefficient (Wildman–Crippen LogP) is 3.53. The second-order valence-electron chi connectivity index (χ2n) is 5.90. The molecule has 1 saturated heterocycles. The summed E-state index contributed by atoms with van der Waals surface area (Å²) in [5.41, 5.74) is 1.82. The molecule has 1 aliphatic rings. The van der Waals surface area contributed by atoms with Gasteiger partial charge in [0.2, 0.25) is 0 Å². The first-order valence-electron chi connectivity index (χ1n) is 7.06. The van der Waals surface area contributed by atoms with E-state index in [2.05, 4.69) is 18.8 Å². The van der Waals surface area contributed by atoms with Crippen LogP contribution in [0.25, 0.3) is 10.9 Å². The summed E-state index contributed by atoms with van der Waals surface area (Å²) in [6.45, 7) is 6.21. The van der Waals surface area contributed by atoms with Gasteiger partial charge in [-0.05, 0) is 12.5 Å². The van der Waals surface area contributed by atoms with E-state index in [0.29, 0.717) is 0 Å². The highest BCUT2D eigenvalue weighted by Crippen LogP contribution is 2.31. The third kappa shape index (κ3) is 2.57. The van der Waals surface area contributed by atoms with Crippen molar-refractivity contribution in [2.24, 2.45) is 0 Å². The van der Waals surface area contributed by atoms with Crippen LogP contribution in [0, 0.1) is 0 Å². The summed E-state index contributed by atoms with van der Waals surface area (Å²) >= 11 is 1.96. The lowest BCUT2D eigenvalue weighted by Gasteiger charge is -2.22. The van der Waals surface area contributed by atoms with Gasteiger partial charge in [0.1, 0.15) is 0 Å². The van der Waals surface area contributed by atoms with Gasteiger partial charge in [0.25, 0.3) is 5.91 Å². The van der Waals surface area contributed by atoms with Gasteiger partial charge in [0, 0.05) is 40.7 Å². The standard InChI is InChI=1S/C16H20N2OS/c1-16(2)7-8-18(9-10-20-16)15(19)13-11-17-14-6-4-3-5-12(13)14/h3-6,11,17H,7-10H2,1-2H3. The minimum absolute atomic E-state index is 0.153. The number of aromatic nitrogens is 1. The zero-order chi connectivity index (χ0) is 14.2. The molecular weight excluding hydrogens is 268 g/mol. The maximum atomic E-state index is 12.7. The fourth-order valence-electron chi connectivity index (χ4n) is 2.64. The van der Waals surface area contributed by atoms with Gasteiger partial charge in [-0.3, -0.25) is 4.79 Å². The molecule has 4 heteroatoms. The number of carbonyl (C=O) groups excluding carboxylic acids is 1. The molecule has 1 N–H and O–H groups in total. The second kappa shape index (κ2) is 5.17. The zero-order valence-electron chi connectivity index (χ0n) is 12.0. The van der Waals surface area contributed by atoms with Crippen molar-refractivity contribution in [3.05, 3.63) is 36.0 Å². The monoisotopic (exact) mass is 288 g/mol. The molecule has 0 radical (unpaired) electrons. The second-order valence-corrected chi connectivity index (χ2v) is 7.70. The number of benzene rings is 1. The van der Waals surface area contributed by atoms with Crippen molar-refractivity contribution >= 4 is 28.6 Å². The minimum atomic E-state index is 0.153. The van der Waals surface area contributed by atoms with Crippen LogP contribution in [0.1, 0.15) is 30.6 Å². The number of amides is 1. The molecule has 1 aliphatic heterocycles. The fourth-order valence-corrected chi connectivity index (χ4v) is 3.74. The molecule has 0 saturated carbocycles. The predicted molar refractivity (Wildman–Crippen MR) is 85.4 cm³/mol. The molecule has 0 spiro atoms. The first-order chi connectivity index (χ1) is 9.57. The van der Waals surface area contributed by atoms with Crippen LogP contribution in [0.5, 0.6) is 0 Å². The van der Waals surface area contributed by atoms with E-state index in [-0.39, 0.29) is 10.7 Å². The number of H-pyrrole nitrogens is 1. The molecule has 20 heavy (non-hydrogen) atoms. The van der Waals surface area contributed by atoms with Gasteiger partial charge in [-0.15, -0.1) is 0 Å². The Morgan fingerprint density at radius 1 is 1.30 bits per heavy atom. The summed E-state index contributed by atoms with van der Waals surface area (Å²) in [5, 5.41) is 1.02. The van der Waals surface area contributed by atoms with E-state index < -0.39 is 0 Å². The Kier molecular flexibility index (Phi) is 3.50. The molecule has 3 nitrogen and oxygen atoms in total. The van der Waals surface area contributed by atoms with Gasteiger partial charge in [-0.25, -0.2) is 0 Å². The van der Waals surface area contributed by atoms with Crippen LogP contribution >= 0.6 is 11.8 Å². The maximum absolute atomic E-state index is 12.7. The number of rotatable bonds is 1. The SMILES string of the molecule is CC1(C)CCN(C(=O)c2c[nH]c3ccccc23)CCS1. The van der Waals surface area contributed by atoms with Crippen molar-refractivity contribution in [1.29, 1.82) is 0 Å². The highest BCUT2D eigenvalue weighted by molar-refractivity contribution is 8.00. The minimum Gasteiger partial charge on any atom is -0.360 e. The lowest BCUT2D eigenvalue weighted by atomic mass is 10.1. The van der Waals surface area contributed by atoms with Gasteiger partial charge in [-0.2, -0.15) is 11.8 Å². The quantitative estimate of drug-likeness (QED) is 0.871. The normalized spacial score (nSPS) is 19.0. The molecule has 0 aliphatic carbocycles. The Balaban J connectivity index is 1.85. The number of para-hydroxylation sites is 1. The Labute approximate surface area is 123 Å². The van der Waals surface area contributed by atoms with Crippen LogP contribution in [0.2, 0.25) is 0 Å². The summed E-state index contributed by atoms with van der Waals surface area (Å²) in [6.07, 6.45) is 2.89. The average Bonchev–Trinajstić information content (AvgIpc) is 2.77. The van der Waals surface area contributed by atoms with E-state index in [1.807, 2.05) is 47.1 Å².